The molecule has 0 saturated carbocycles. The molecule has 0 radical (unpaired) electrons. The van der Waals surface area contributed by atoms with Crippen LogP contribution in [0.1, 0.15) is 36.2 Å². The van der Waals surface area contributed by atoms with Crippen LogP contribution in [0.15, 0.2) is 12.1 Å². The van der Waals surface area contributed by atoms with Crippen LogP contribution < -0.4 is 10.5 Å². The lowest BCUT2D eigenvalue weighted by Gasteiger charge is -2.08. The standard InChI is InChI=1S/C9H11NO3.C3H8/c1-5-7(10)3-6(9(11)12)4-8(5)13-2;1-3-2/h3-4H,10H2,1-2H3,(H,11,12);3H2,1-2H3. The van der Waals surface area contributed by atoms with Gasteiger partial charge in [-0.1, -0.05) is 20.3 Å². The van der Waals surface area contributed by atoms with Crippen molar-refractivity contribution in [2.24, 2.45) is 0 Å². The number of nitrogens with two attached hydrogens (primary N) is 1. The fourth-order valence-corrected chi connectivity index (χ4v) is 1.04. The average Bonchev–Trinajstić information content (AvgIpc) is 2.22. The molecule has 1 aromatic carbocycles. The number of hydrogen-bond donors (Lipinski definition) is 2. The van der Waals surface area contributed by atoms with E-state index in [2.05, 4.69) is 13.8 Å². The van der Waals surface area contributed by atoms with Gasteiger partial charge in [0.1, 0.15) is 5.75 Å². The summed E-state index contributed by atoms with van der Waals surface area (Å²) in [7, 11) is 1.48. The van der Waals surface area contributed by atoms with Crippen molar-refractivity contribution in [1.82, 2.24) is 0 Å². The molecule has 4 nitrogen and oxygen atoms in total. The van der Waals surface area contributed by atoms with E-state index < -0.39 is 5.97 Å². The fraction of sp³-hybridized carbons (Fsp3) is 0.417. The number of carboxylic acid groups (broad SMARTS) is 1. The van der Waals surface area contributed by atoms with Gasteiger partial charge in [-0.2, -0.15) is 0 Å². The molecule has 0 bridgehead atoms. The number of carboxylic acids is 1. The first-order valence-electron chi connectivity index (χ1n) is 5.15. The summed E-state index contributed by atoms with van der Waals surface area (Å²) >= 11 is 0. The molecule has 4 heteroatoms. The summed E-state index contributed by atoms with van der Waals surface area (Å²) in [6.07, 6.45) is 1.25. The number of nitrogen functional groups attached to an aromatic ring is 1. The van der Waals surface area contributed by atoms with E-state index >= 15 is 0 Å². The van der Waals surface area contributed by atoms with E-state index in [1.54, 1.807) is 6.92 Å². The zero-order valence-corrected chi connectivity index (χ0v) is 10.2. The number of carbonyl (C=O) groups is 1. The van der Waals surface area contributed by atoms with Gasteiger partial charge in [-0.05, 0) is 19.1 Å². The van der Waals surface area contributed by atoms with E-state index in [-0.39, 0.29) is 5.56 Å². The Morgan fingerprint density at radius 2 is 1.94 bits per heavy atom. The molecule has 0 heterocycles. The van der Waals surface area contributed by atoms with Crippen molar-refractivity contribution < 1.29 is 14.6 Å². The number of ether oxygens (including phenoxy) is 1. The molecule has 0 saturated heterocycles. The minimum Gasteiger partial charge on any atom is -0.496 e. The Kier molecular flexibility index (Phi) is 6.00. The largest absolute Gasteiger partial charge is 0.496 e. The quantitative estimate of drug-likeness (QED) is 0.759. The van der Waals surface area contributed by atoms with Crippen LogP contribution in [0.5, 0.6) is 5.75 Å². The van der Waals surface area contributed by atoms with Gasteiger partial charge in [0.15, 0.2) is 0 Å². The molecule has 3 N–H and O–H groups in total. The van der Waals surface area contributed by atoms with Gasteiger partial charge in [0, 0.05) is 11.3 Å². The maximum absolute atomic E-state index is 10.6. The highest BCUT2D eigenvalue weighted by Gasteiger charge is 2.09. The minimum atomic E-state index is -1.01. The van der Waals surface area contributed by atoms with Crippen molar-refractivity contribution in [2.45, 2.75) is 27.2 Å². The zero-order chi connectivity index (χ0) is 12.7. The predicted molar refractivity (Wildman–Crippen MR) is 65.1 cm³/mol. The van der Waals surface area contributed by atoms with Gasteiger partial charge < -0.3 is 15.6 Å². The Morgan fingerprint density at radius 3 is 2.31 bits per heavy atom. The Hall–Kier alpha value is -1.71. The van der Waals surface area contributed by atoms with Gasteiger partial charge in [0.25, 0.3) is 0 Å². The van der Waals surface area contributed by atoms with Gasteiger partial charge >= 0.3 is 5.97 Å². The van der Waals surface area contributed by atoms with Crippen molar-refractivity contribution >= 4 is 11.7 Å². The van der Waals surface area contributed by atoms with E-state index in [9.17, 15) is 4.79 Å². The molecule has 0 aliphatic carbocycles. The van der Waals surface area contributed by atoms with Gasteiger partial charge in [-0.25, -0.2) is 4.79 Å². The first kappa shape index (κ1) is 14.3. The predicted octanol–water partition coefficient (Wildman–Crippen LogP) is 2.70. The van der Waals surface area contributed by atoms with Crippen LogP contribution >= 0.6 is 0 Å². The Morgan fingerprint density at radius 1 is 1.44 bits per heavy atom. The minimum absolute atomic E-state index is 0.139. The second-order valence-corrected chi connectivity index (χ2v) is 3.40. The van der Waals surface area contributed by atoms with Crippen molar-refractivity contribution in [3.63, 3.8) is 0 Å². The van der Waals surface area contributed by atoms with E-state index in [1.807, 2.05) is 0 Å². The lowest BCUT2D eigenvalue weighted by Crippen LogP contribution is -2.01. The SMILES string of the molecule is CCC.COc1cc(C(=O)O)cc(N)c1C. The topological polar surface area (TPSA) is 72.5 Å². The fourth-order valence-electron chi connectivity index (χ4n) is 1.04. The molecular weight excluding hydrogens is 206 g/mol. The normalized spacial score (nSPS) is 9.00. The maximum atomic E-state index is 10.6. The zero-order valence-electron chi connectivity index (χ0n) is 10.2. The van der Waals surface area contributed by atoms with Crippen LogP contribution in [-0.4, -0.2) is 18.2 Å². The van der Waals surface area contributed by atoms with Crippen molar-refractivity contribution in [2.75, 3.05) is 12.8 Å². The van der Waals surface area contributed by atoms with Crippen molar-refractivity contribution in [3.05, 3.63) is 23.3 Å². The van der Waals surface area contributed by atoms with E-state index in [4.69, 9.17) is 15.6 Å². The molecular formula is C12H19NO3. The molecule has 90 valence electrons. The van der Waals surface area contributed by atoms with Gasteiger partial charge in [0.05, 0.1) is 12.7 Å². The van der Waals surface area contributed by atoms with Crippen LogP contribution in [0, 0.1) is 6.92 Å². The second-order valence-electron chi connectivity index (χ2n) is 3.40. The van der Waals surface area contributed by atoms with Crippen LogP contribution in [0.2, 0.25) is 0 Å². The first-order chi connectivity index (χ1) is 7.47. The van der Waals surface area contributed by atoms with Crippen molar-refractivity contribution in [3.8, 4) is 5.75 Å². The monoisotopic (exact) mass is 225 g/mol. The summed E-state index contributed by atoms with van der Waals surface area (Å²) in [5.74, 6) is -0.512. The third-order valence-electron chi connectivity index (χ3n) is 1.87. The van der Waals surface area contributed by atoms with Crippen LogP contribution in [0.25, 0.3) is 0 Å². The molecule has 1 aromatic rings. The van der Waals surface area contributed by atoms with Crippen LogP contribution in [0.4, 0.5) is 5.69 Å². The summed E-state index contributed by atoms with van der Waals surface area (Å²) in [4.78, 5) is 10.6. The van der Waals surface area contributed by atoms with Gasteiger partial charge in [0.2, 0.25) is 0 Å². The summed E-state index contributed by atoms with van der Waals surface area (Å²) in [6.45, 7) is 6.03. The Labute approximate surface area is 96.0 Å². The molecule has 1 rings (SSSR count). The highest BCUT2D eigenvalue weighted by Crippen LogP contribution is 2.25. The maximum Gasteiger partial charge on any atom is 0.335 e. The molecule has 0 atom stereocenters. The number of aromatic carboxylic acids is 1. The van der Waals surface area contributed by atoms with E-state index in [0.29, 0.717) is 11.4 Å². The number of rotatable bonds is 2. The van der Waals surface area contributed by atoms with Gasteiger partial charge in [-0.15, -0.1) is 0 Å². The van der Waals surface area contributed by atoms with Crippen molar-refractivity contribution in [1.29, 1.82) is 0 Å². The third-order valence-corrected chi connectivity index (χ3v) is 1.87. The van der Waals surface area contributed by atoms with E-state index in [1.165, 1.54) is 25.7 Å². The Bertz CT molecular complexity index is 362. The molecule has 0 fully saturated rings. The number of anilines is 1. The summed E-state index contributed by atoms with van der Waals surface area (Å²) in [6, 6.07) is 2.87. The molecule has 0 unspecified atom stereocenters. The van der Waals surface area contributed by atoms with Crippen LogP contribution in [-0.2, 0) is 0 Å². The molecule has 0 amide bonds. The summed E-state index contributed by atoms with van der Waals surface area (Å²) in [5.41, 5.74) is 6.91. The smallest absolute Gasteiger partial charge is 0.335 e. The number of methoxy groups -OCH3 is 1. The lowest BCUT2D eigenvalue weighted by atomic mass is 10.1. The molecule has 16 heavy (non-hydrogen) atoms. The molecule has 0 aliphatic rings. The highest BCUT2D eigenvalue weighted by atomic mass is 16.5. The Balaban J connectivity index is 0.000000673. The molecule has 0 aliphatic heterocycles. The number of hydrogen-bond acceptors (Lipinski definition) is 3. The van der Waals surface area contributed by atoms with Crippen LogP contribution in [0.3, 0.4) is 0 Å². The third kappa shape index (κ3) is 3.81. The second kappa shape index (κ2) is 6.71. The first-order valence-corrected chi connectivity index (χ1v) is 5.15. The average molecular weight is 225 g/mol. The lowest BCUT2D eigenvalue weighted by molar-refractivity contribution is 0.0696. The highest BCUT2D eigenvalue weighted by molar-refractivity contribution is 5.89. The van der Waals surface area contributed by atoms with E-state index in [0.717, 1.165) is 5.56 Å². The van der Waals surface area contributed by atoms with Gasteiger partial charge in [-0.3, -0.25) is 0 Å². The summed E-state index contributed by atoms with van der Waals surface area (Å²) in [5, 5.41) is 8.71. The molecule has 0 aromatic heterocycles. The summed E-state index contributed by atoms with van der Waals surface area (Å²) < 4.78 is 4.97. The number of benzene rings is 1. The molecule has 0 spiro atoms.